The number of ether oxygens (including phenoxy) is 1. The van der Waals surface area contributed by atoms with Gasteiger partial charge in [0, 0.05) is 7.05 Å². The van der Waals surface area contributed by atoms with Crippen molar-refractivity contribution in [3.8, 4) is 5.75 Å². The molecular weight excluding hydrogens is 430 g/mol. The SMILES string of the molecule is CNc1nc(Cl)ncc1OCCOS(=O)(=O)Cc1cc(F)ccc1C(F)(F)F. The van der Waals surface area contributed by atoms with Gasteiger partial charge in [0.05, 0.1) is 11.8 Å². The summed E-state index contributed by atoms with van der Waals surface area (Å²) in [5, 5.41) is 2.65. The van der Waals surface area contributed by atoms with Gasteiger partial charge in [-0.3, -0.25) is 4.18 Å². The Bertz CT molecular complexity index is 941. The van der Waals surface area contributed by atoms with E-state index in [4.69, 9.17) is 16.3 Å². The number of hydrogen-bond acceptors (Lipinski definition) is 7. The van der Waals surface area contributed by atoms with Crippen molar-refractivity contribution in [3.05, 3.63) is 46.6 Å². The third-order valence-electron chi connectivity index (χ3n) is 3.27. The van der Waals surface area contributed by atoms with Gasteiger partial charge in [0.25, 0.3) is 10.1 Å². The van der Waals surface area contributed by atoms with Gasteiger partial charge in [-0.2, -0.15) is 26.6 Å². The van der Waals surface area contributed by atoms with E-state index in [9.17, 15) is 26.0 Å². The maximum atomic E-state index is 13.3. The van der Waals surface area contributed by atoms with Crippen molar-refractivity contribution in [1.82, 2.24) is 9.97 Å². The van der Waals surface area contributed by atoms with Crippen LogP contribution in [-0.4, -0.2) is 38.6 Å². The molecule has 2 aromatic rings. The van der Waals surface area contributed by atoms with Crippen LogP contribution in [0.25, 0.3) is 0 Å². The van der Waals surface area contributed by atoms with Crippen LogP contribution in [0, 0.1) is 5.82 Å². The smallest absolute Gasteiger partial charge is 0.416 e. The molecule has 0 radical (unpaired) electrons. The van der Waals surface area contributed by atoms with Gasteiger partial charge in [0.15, 0.2) is 11.6 Å². The fourth-order valence-corrected chi connectivity index (χ4v) is 3.30. The number of hydrogen-bond donors (Lipinski definition) is 1. The van der Waals surface area contributed by atoms with Crippen LogP contribution >= 0.6 is 11.6 Å². The zero-order valence-corrected chi connectivity index (χ0v) is 15.8. The molecule has 28 heavy (non-hydrogen) atoms. The summed E-state index contributed by atoms with van der Waals surface area (Å²) in [6.07, 6.45) is -3.59. The molecule has 154 valence electrons. The average Bonchev–Trinajstić information content (AvgIpc) is 2.58. The minimum Gasteiger partial charge on any atom is -0.486 e. The Labute approximate surface area is 162 Å². The number of anilines is 1. The van der Waals surface area contributed by atoms with Gasteiger partial charge in [-0.1, -0.05) is 0 Å². The number of nitrogens with one attached hydrogen (secondary N) is 1. The number of aromatic nitrogens is 2. The Morgan fingerprint density at radius 1 is 1.25 bits per heavy atom. The summed E-state index contributed by atoms with van der Waals surface area (Å²) in [7, 11) is -2.88. The monoisotopic (exact) mass is 443 g/mol. The molecule has 0 aliphatic carbocycles. The highest BCUT2D eigenvalue weighted by Crippen LogP contribution is 2.33. The van der Waals surface area contributed by atoms with Crippen LogP contribution < -0.4 is 10.1 Å². The third-order valence-corrected chi connectivity index (χ3v) is 4.64. The zero-order valence-electron chi connectivity index (χ0n) is 14.3. The fraction of sp³-hybridized carbons (Fsp3) is 0.333. The van der Waals surface area contributed by atoms with Crippen molar-refractivity contribution >= 4 is 27.5 Å². The predicted octanol–water partition coefficient (Wildman–Crippen LogP) is 3.26. The van der Waals surface area contributed by atoms with Gasteiger partial charge in [-0.05, 0) is 35.4 Å². The molecule has 0 bridgehead atoms. The molecule has 0 aliphatic rings. The van der Waals surface area contributed by atoms with Crippen molar-refractivity contribution in [1.29, 1.82) is 0 Å². The normalized spacial score (nSPS) is 12.1. The highest BCUT2D eigenvalue weighted by atomic mass is 35.5. The number of rotatable bonds is 8. The molecule has 0 atom stereocenters. The summed E-state index contributed by atoms with van der Waals surface area (Å²) in [6, 6.07) is 1.58. The zero-order chi connectivity index (χ0) is 20.9. The van der Waals surface area contributed by atoms with E-state index in [1.165, 1.54) is 6.20 Å². The van der Waals surface area contributed by atoms with Crippen molar-refractivity contribution in [2.45, 2.75) is 11.9 Å². The minimum absolute atomic E-state index is 0.0360. The minimum atomic E-state index is -4.83. The van der Waals surface area contributed by atoms with Gasteiger partial charge >= 0.3 is 6.18 Å². The Hall–Kier alpha value is -2.18. The molecule has 7 nitrogen and oxygen atoms in total. The number of alkyl halides is 3. The lowest BCUT2D eigenvalue weighted by atomic mass is 10.1. The second-order valence-corrected chi connectivity index (χ2v) is 7.25. The van der Waals surface area contributed by atoms with Gasteiger partial charge < -0.3 is 10.1 Å². The van der Waals surface area contributed by atoms with E-state index in [1.54, 1.807) is 7.05 Å². The molecule has 1 aromatic carbocycles. The van der Waals surface area contributed by atoms with Gasteiger partial charge in [-0.25, -0.2) is 9.37 Å². The van der Waals surface area contributed by atoms with Crippen LogP contribution in [0.1, 0.15) is 11.1 Å². The van der Waals surface area contributed by atoms with Crippen molar-refractivity contribution in [2.75, 3.05) is 25.6 Å². The highest BCUT2D eigenvalue weighted by Gasteiger charge is 2.34. The van der Waals surface area contributed by atoms with Crippen LogP contribution in [0.5, 0.6) is 5.75 Å². The molecule has 0 unspecified atom stereocenters. The van der Waals surface area contributed by atoms with Gasteiger partial charge in [0.2, 0.25) is 5.28 Å². The lowest BCUT2D eigenvalue weighted by molar-refractivity contribution is -0.138. The summed E-state index contributed by atoms with van der Waals surface area (Å²) in [6.45, 7) is -0.765. The van der Waals surface area contributed by atoms with Crippen LogP contribution in [0.4, 0.5) is 23.4 Å². The van der Waals surface area contributed by atoms with Gasteiger partial charge in [-0.15, -0.1) is 0 Å². The Kier molecular flexibility index (Phi) is 7.01. The molecule has 13 heteroatoms. The van der Waals surface area contributed by atoms with Crippen molar-refractivity contribution < 1.29 is 34.9 Å². The summed E-state index contributed by atoms with van der Waals surface area (Å²) in [5.74, 6) is -1.73. The molecule has 0 saturated carbocycles. The standard InChI is InChI=1S/C15H14ClF4N3O4S/c1-21-13-12(7-22-14(16)23-13)26-4-5-27-28(24,25)8-9-6-10(17)2-3-11(9)15(18,19)20/h2-3,6-7H,4-5,8H2,1H3,(H,21,22,23). The van der Waals surface area contributed by atoms with Crippen molar-refractivity contribution in [3.63, 3.8) is 0 Å². The predicted molar refractivity (Wildman–Crippen MR) is 92.1 cm³/mol. The molecule has 1 heterocycles. The van der Waals surface area contributed by atoms with Crippen LogP contribution in [0.2, 0.25) is 5.28 Å². The summed E-state index contributed by atoms with van der Waals surface area (Å²) >= 11 is 5.62. The third kappa shape index (κ3) is 6.17. The van der Waals surface area contributed by atoms with E-state index < -0.39 is 45.6 Å². The maximum absolute atomic E-state index is 13.3. The largest absolute Gasteiger partial charge is 0.486 e. The first-order valence-corrected chi connectivity index (χ1v) is 9.53. The summed E-state index contributed by atoms with van der Waals surface area (Å²) in [4.78, 5) is 7.53. The van der Waals surface area contributed by atoms with E-state index in [0.29, 0.717) is 18.2 Å². The first-order valence-electron chi connectivity index (χ1n) is 7.57. The van der Waals surface area contributed by atoms with E-state index in [0.717, 1.165) is 0 Å². The number of nitrogens with zero attached hydrogens (tertiary/aromatic N) is 2. The maximum Gasteiger partial charge on any atom is 0.416 e. The lowest BCUT2D eigenvalue weighted by Gasteiger charge is -2.13. The Balaban J connectivity index is 1.99. The van der Waals surface area contributed by atoms with Crippen molar-refractivity contribution in [2.24, 2.45) is 0 Å². The Morgan fingerprint density at radius 2 is 1.96 bits per heavy atom. The summed E-state index contributed by atoms with van der Waals surface area (Å²) < 4.78 is 85.9. The molecule has 0 amide bonds. The highest BCUT2D eigenvalue weighted by molar-refractivity contribution is 7.85. The molecule has 1 aromatic heterocycles. The molecule has 0 aliphatic heterocycles. The first kappa shape index (κ1) is 22.1. The molecule has 1 N–H and O–H groups in total. The first-order chi connectivity index (χ1) is 13.0. The second kappa shape index (κ2) is 8.88. The summed E-state index contributed by atoms with van der Waals surface area (Å²) in [5.41, 5.74) is -2.01. The quantitative estimate of drug-likeness (QED) is 0.290. The number of benzene rings is 1. The molecule has 0 saturated heterocycles. The molecular formula is C15H14ClF4N3O4S. The lowest BCUT2D eigenvalue weighted by Crippen LogP contribution is -2.17. The number of halogens is 5. The topological polar surface area (TPSA) is 90.4 Å². The average molecular weight is 444 g/mol. The van der Waals surface area contributed by atoms with E-state index >= 15 is 0 Å². The van der Waals surface area contributed by atoms with Crippen LogP contribution in [0.15, 0.2) is 24.4 Å². The Morgan fingerprint density at radius 3 is 2.61 bits per heavy atom. The fourth-order valence-electron chi connectivity index (χ4n) is 2.14. The van der Waals surface area contributed by atoms with E-state index in [2.05, 4.69) is 19.5 Å². The van der Waals surface area contributed by atoms with Gasteiger partial charge in [0.1, 0.15) is 24.8 Å². The molecule has 0 spiro atoms. The molecule has 0 fully saturated rings. The van der Waals surface area contributed by atoms with Crippen LogP contribution in [-0.2, 0) is 26.2 Å². The second-order valence-electron chi connectivity index (χ2n) is 5.27. The van der Waals surface area contributed by atoms with E-state index in [1.807, 2.05) is 0 Å². The molecule has 2 rings (SSSR count). The van der Waals surface area contributed by atoms with Crippen LogP contribution in [0.3, 0.4) is 0 Å². The van der Waals surface area contributed by atoms with E-state index in [-0.39, 0.29) is 23.5 Å².